The summed E-state index contributed by atoms with van der Waals surface area (Å²) in [6.45, 7) is 1.04. The van der Waals surface area contributed by atoms with Gasteiger partial charge in [-0.1, -0.05) is 24.3 Å². The van der Waals surface area contributed by atoms with Gasteiger partial charge in [-0.3, -0.25) is 14.2 Å². The zero-order valence-electron chi connectivity index (χ0n) is 15.1. The summed E-state index contributed by atoms with van der Waals surface area (Å²) in [7, 11) is 0. The van der Waals surface area contributed by atoms with Crippen LogP contribution < -0.4 is 5.56 Å². The number of fused-ring (bicyclic) bond motifs is 4. The lowest BCUT2D eigenvalue weighted by molar-refractivity contribution is -0.132. The second kappa shape index (κ2) is 6.34. The molecule has 0 bridgehead atoms. The molecule has 0 fully saturated rings. The van der Waals surface area contributed by atoms with Crippen LogP contribution in [0.3, 0.4) is 0 Å². The molecule has 0 saturated carbocycles. The molecular weight excluding hydrogens is 357 g/mol. The lowest BCUT2D eigenvalue weighted by Gasteiger charge is -2.29. The predicted molar refractivity (Wildman–Crippen MR) is 105 cm³/mol. The van der Waals surface area contributed by atoms with E-state index in [0.29, 0.717) is 29.6 Å². The Bertz CT molecular complexity index is 1290. The molecule has 0 radical (unpaired) electrons. The van der Waals surface area contributed by atoms with Gasteiger partial charge in [0.05, 0.1) is 11.0 Å². The Balaban J connectivity index is 1.56. The van der Waals surface area contributed by atoms with Crippen LogP contribution in [0.1, 0.15) is 11.1 Å². The van der Waals surface area contributed by atoms with Crippen molar-refractivity contribution in [2.24, 2.45) is 0 Å². The summed E-state index contributed by atoms with van der Waals surface area (Å²) < 4.78 is 17.0. The van der Waals surface area contributed by atoms with E-state index in [0.717, 1.165) is 12.0 Å². The molecule has 4 aromatic rings. The molecule has 5 rings (SSSR count). The first-order valence-electron chi connectivity index (χ1n) is 9.25. The highest BCUT2D eigenvalue weighted by molar-refractivity contribution is 5.83. The zero-order chi connectivity index (χ0) is 19.3. The van der Waals surface area contributed by atoms with Crippen LogP contribution in [0.15, 0.2) is 65.6 Å². The number of aromatic nitrogens is 2. The molecule has 2 aromatic carbocycles. The number of hydrogen-bond acceptors (Lipinski definition) is 2. The molecule has 28 heavy (non-hydrogen) atoms. The number of rotatable bonds is 2. The minimum Gasteiger partial charge on any atom is -0.336 e. The van der Waals surface area contributed by atoms with E-state index in [1.807, 2.05) is 18.2 Å². The van der Waals surface area contributed by atoms with Crippen LogP contribution in [0.5, 0.6) is 0 Å². The first-order chi connectivity index (χ1) is 13.6. The molecule has 0 spiro atoms. The van der Waals surface area contributed by atoms with Gasteiger partial charge in [0, 0.05) is 19.3 Å². The number of carbonyl (C=O) groups excluding carboxylic acids is 1. The van der Waals surface area contributed by atoms with Crippen molar-refractivity contribution < 1.29 is 9.18 Å². The molecule has 2 aromatic heterocycles. The van der Waals surface area contributed by atoms with E-state index < -0.39 is 5.82 Å². The number of carbonyl (C=O) groups is 1. The van der Waals surface area contributed by atoms with Gasteiger partial charge in [0.25, 0.3) is 5.56 Å². The van der Waals surface area contributed by atoms with Crippen LogP contribution in [0.25, 0.3) is 16.6 Å². The third kappa shape index (κ3) is 2.60. The summed E-state index contributed by atoms with van der Waals surface area (Å²) >= 11 is 0. The topological polar surface area (TPSA) is 46.7 Å². The van der Waals surface area contributed by atoms with Gasteiger partial charge in [-0.25, -0.2) is 4.39 Å². The Morgan fingerprint density at radius 3 is 2.64 bits per heavy atom. The summed E-state index contributed by atoms with van der Waals surface area (Å²) in [5.74, 6) is -0.579. The fourth-order valence-electron chi connectivity index (χ4n) is 4.03. The summed E-state index contributed by atoms with van der Waals surface area (Å²) in [6.07, 6.45) is 2.56. The van der Waals surface area contributed by atoms with Crippen LogP contribution in [0, 0.1) is 5.82 Å². The SMILES string of the molecule is O=C(Cn1c(=O)c2cccn2c2ccc(F)cc21)N1CCc2ccccc2C1. The summed E-state index contributed by atoms with van der Waals surface area (Å²) in [5, 5.41) is 0. The minimum absolute atomic E-state index is 0.108. The third-order valence-electron chi connectivity index (χ3n) is 5.48. The quantitative estimate of drug-likeness (QED) is 0.541. The van der Waals surface area contributed by atoms with Crippen LogP contribution in [0.4, 0.5) is 4.39 Å². The van der Waals surface area contributed by atoms with E-state index in [-0.39, 0.29) is 18.0 Å². The molecule has 3 heterocycles. The van der Waals surface area contributed by atoms with Crippen LogP contribution in [0.2, 0.25) is 0 Å². The standard InChI is InChI=1S/C22H18FN3O2/c23-17-7-8-18-20(12-17)26(22(28)19-6-3-10-25(18)19)14-21(27)24-11-9-15-4-1-2-5-16(15)13-24/h1-8,10,12H,9,11,13-14H2. The van der Waals surface area contributed by atoms with Crippen molar-refractivity contribution in [3.05, 3.63) is 88.1 Å². The van der Waals surface area contributed by atoms with Crippen LogP contribution in [-0.4, -0.2) is 26.3 Å². The van der Waals surface area contributed by atoms with Gasteiger partial charge >= 0.3 is 0 Å². The first kappa shape index (κ1) is 16.7. The second-order valence-corrected chi connectivity index (χ2v) is 7.12. The third-order valence-corrected chi connectivity index (χ3v) is 5.48. The maximum Gasteiger partial charge on any atom is 0.275 e. The van der Waals surface area contributed by atoms with Crippen molar-refractivity contribution in [3.63, 3.8) is 0 Å². The van der Waals surface area contributed by atoms with Gasteiger partial charge in [-0.15, -0.1) is 0 Å². The lowest BCUT2D eigenvalue weighted by Crippen LogP contribution is -2.40. The molecule has 0 saturated heterocycles. The number of halogens is 1. The minimum atomic E-state index is -0.438. The number of amides is 1. The monoisotopic (exact) mass is 375 g/mol. The van der Waals surface area contributed by atoms with Gasteiger partial charge in [0.1, 0.15) is 17.9 Å². The maximum atomic E-state index is 13.9. The Morgan fingerprint density at radius 1 is 0.964 bits per heavy atom. The highest BCUT2D eigenvalue weighted by Crippen LogP contribution is 2.20. The van der Waals surface area contributed by atoms with Crippen molar-refractivity contribution in [2.75, 3.05) is 6.54 Å². The number of benzene rings is 2. The Labute approximate surface area is 160 Å². The molecule has 0 atom stereocenters. The normalized spacial score (nSPS) is 13.8. The largest absolute Gasteiger partial charge is 0.336 e. The van der Waals surface area contributed by atoms with E-state index >= 15 is 0 Å². The Kier molecular flexibility index (Phi) is 3.79. The molecule has 5 nitrogen and oxygen atoms in total. The van der Waals surface area contributed by atoms with E-state index in [2.05, 4.69) is 6.07 Å². The molecule has 140 valence electrons. The van der Waals surface area contributed by atoms with Crippen molar-refractivity contribution in [1.82, 2.24) is 13.9 Å². The van der Waals surface area contributed by atoms with Crippen molar-refractivity contribution in [1.29, 1.82) is 0 Å². The molecule has 1 aliphatic rings. The van der Waals surface area contributed by atoms with Gasteiger partial charge in [0.15, 0.2) is 0 Å². The molecule has 0 unspecified atom stereocenters. The molecule has 6 heteroatoms. The van der Waals surface area contributed by atoms with E-state index in [1.54, 1.807) is 33.7 Å². The number of nitrogens with zero attached hydrogens (tertiary/aromatic N) is 3. The molecular formula is C22H18FN3O2. The summed E-state index contributed by atoms with van der Waals surface area (Å²) in [6, 6.07) is 15.9. The van der Waals surface area contributed by atoms with Crippen LogP contribution in [-0.2, 0) is 24.3 Å². The smallest absolute Gasteiger partial charge is 0.275 e. The van der Waals surface area contributed by atoms with Crippen molar-refractivity contribution >= 4 is 22.5 Å². The van der Waals surface area contributed by atoms with Gasteiger partial charge in [-0.05, 0) is 47.9 Å². The summed E-state index contributed by atoms with van der Waals surface area (Å²) in [4.78, 5) is 27.7. The molecule has 0 aliphatic carbocycles. The predicted octanol–water partition coefficient (Wildman–Crippen LogP) is 2.98. The van der Waals surface area contributed by atoms with Gasteiger partial charge in [-0.2, -0.15) is 0 Å². The number of hydrogen-bond donors (Lipinski definition) is 0. The highest BCUT2D eigenvalue weighted by atomic mass is 19.1. The zero-order valence-corrected chi connectivity index (χ0v) is 15.1. The maximum absolute atomic E-state index is 13.9. The van der Waals surface area contributed by atoms with Crippen molar-refractivity contribution in [2.45, 2.75) is 19.5 Å². The fourth-order valence-corrected chi connectivity index (χ4v) is 4.03. The second-order valence-electron chi connectivity index (χ2n) is 7.12. The van der Waals surface area contributed by atoms with E-state index in [9.17, 15) is 14.0 Å². The van der Waals surface area contributed by atoms with Crippen LogP contribution >= 0.6 is 0 Å². The van der Waals surface area contributed by atoms with Crippen molar-refractivity contribution in [3.8, 4) is 0 Å². The van der Waals surface area contributed by atoms with Gasteiger partial charge in [0.2, 0.25) is 5.91 Å². The average molecular weight is 375 g/mol. The molecule has 0 N–H and O–H groups in total. The Hall–Kier alpha value is -3.41. The average Bonchev–Trinajstić information content (AvgIpc) is 3.20. The van der Waals surface area contributed by atoms with E-state index in [1.165, 1.54) is 22.3 Å². The van der Waals surface area contributed by atoms with Gasteiger partial charge < -0.3 is 9.30 Å². The lowest BCUT2D eigenvalue weighted by atomic mass is 10.00. The fraction of sp³-hybridized carbons (Fsp3) is 0.182. The molecule has 1 aliphatic heterocycles. The summed E-state index contributed by atoms with van der Waals surface area (Å²) in [5.41, 5.74) is 3.67. The molecule has 1 amide bonds. The first-order valence-corrected chi connectivity index (χ1v) is 9.25. The Morgan fingerprint density at radius 2 is 1.79 bits per heavy atom. The van der Waals surface area contributed by atoms with E-state index in [4.69, 9.17) is 0 Å². The highest BCUT2D eigenvalue weighted by Gasteiger charge is 2.22.